The number of rotatable bonds is 3. The third-order valence-electron chi connectivity index (χ3n) is 2.59. The minimum atomic E-state index is -1.41. The number of hydrogen-bond acceptors (Lipinski definition) is 4. The van der Waals surface area contributed by atoms with Crippen molar-refractivity contribution in [1.29, 1.82) is 0 Å². The van der Waals surface area contributed by atoms with Gasteiger partial charge in [0, 0.05) is 6.20 Å². The topological polar surface area (TPSA) is 101 Å². The molecule has 2 rings (SSSR count). The standard InChI is InChI=1S/C12H9BrN2O5/c1-20-9-3-2-6(4-8(9)13)15-5-7(11(17)18)10(16)14-12(15)19/h2-5H,1H3,(H,17,18)(H,14,16,19). The summed E-state index contributed by atoms with van der Waals surface area (Å²) in [7, 11) is 1.49. The van der Waals surface area contributed by atoms with Gasteiger partial charge in [0.2, 0.25) is 0 Å². The average molecular weight is 341 g/mol. The van der Waals surface area contributed by atoms with Crippen molar-refractivity contribution in [2.45, 2.75) is 0 Å². The van der Waals surface area contributed by atoms with Gasteiger partial charge in [0.15, 0.2) is 0 Å². The molecular weight excluding hydrogens is 332 g/mol. The molecule has 0 saturated carbocycles. The van der Waals surface area contributed by atoms with Gasteiger partial charge in [0.1, 0.15) is 11.3 Å². The maximum atomic E-state index is 11.7. The van der Waals surface area contributed by atoms with Crippen LogP contribution < -0.4 is 16.0 Å². The van der Waals surface area contributed by atoms with Gasteiger partial charge < -0.3 is 9.84 Å². The number of aromatic amines is 1. The van der Waals surface area contributed by atoms with Gasteiger partial charge in [-0.1, -0.05) is 0 Å². The molecule has 8 heteroatoms. The summed E-state index contributed by atoms with van der Waals surface area (Å²) >= 11 is 3.26. The summed E-state index contributed by atoms with van der Waals surface area (Å²) in [5.74, 6) is -0.850. The zero-order chi connectivity index (χ0) is 14.9. The number of halogens is 1. The quantitative estimate of drug-likeness (QED) is 0.867. The summed E-state index contributed by atoms with van der Waals surface area (Å²) in [5.41, 5.74) is -1.79. The van der Waals surface area contributed by atoms with Crippen LogP contribution in [-0.2, 0) is 0 Å². The number of carbonyl (C=O) groups is 1. The summed E-state index contributed by atoms with van der Waals surface area (Å²) in [6, 6.07) is 4.75. The lowest BCUT2D eigenvalue weighted by molar-refractivity contribution is 0.0694. The van der Waals surface area contributed by atoms with Crippen molar-refractivity contribution in [3.05, 3.63) is 55.3 Å². The Labute approximate surface area is 120 Å². The van der Waals surface area contributed by atoms with Crippen LogP contribution in [0.2, 0.25) is 0 Å². The van der Waals surface area contributed by atoms with Crippen molar-refractivity contribution in [3.8, 4) is 11.4 Å². The Hall–Kier alpha value is -2.35. The number of nitrogens with zero attached hydrogens (tertiary/aromatic N) is 1. The molecule has 0 bridgehead atoms. The highest BCUT2D eigenvalue weighted by atomic mass is 79.9. The monoisotopic (exact) mass is 340 g/mol. The van der Waals surface area contributed by atoms with Crippen LogP contribution in [0.1, 0.15) is 10.4 Å². The van der Waals surface area contributed by atoms with Gasteiger partial charge in [0.25, 0.3) is 5.56 Å². The van der Waals surface area contributed by atoms with Crippen LogP contribution in [0.25, 0.3) is 5.69 Å². The molecule has 0 radical (unpaired) electrons. The molecule has 0 spiro atoms. The van der Waals surface area contributed by atoms with Gasteiger partial charge in [-0.05, 0) is 34.1 Å². The Bertz CT molecular complexity index is 793. The fourth-order valence-electron chi connectivity index (χ4n) is 1.62. The Kier molecular flexibility index (Phi) is 3.75. The van der Waals surface area contributed by atoms with Crippen molar-refractivity contribution in [2.75, 3.05) is 7.11 Å². The van der Waals surface area contributed by atoms with E-state index in [0.717, 1.165) is 10.8 Å². The highest BCUT2D eigenvalue weighted by Gasteiger charge is 2.13. The molecule has 0 fully saturated rings. The van der Waals surface area contributed by atoms with E-state index < -0.39 is 22.8 Å². The normalized spacial score (nSPS) is 10.3. The third kappa shape index (κ3) is 2.50. The Morgan fingerprint density at radius 2 is 2.10 bits per heavy atom. The van der Waals surface area contributed by atoms with Gasteiger partial charge in [-0.15, -0.1) is 0 Å². The summed E-state index contributed by atoms with van der Waals surface area (Å²) in [6.07, 6.45) is 0.984. The number of H-pyrrole nitrogens is 1. The Morgan fingerprint density at radius 3 is 2.65 bits per heavy atom. The summed E-state index contributed by atoms with van der Waals surface area (Å²) < 4.78 is 6.69. The lowest BCUT2D eigenvalue weighted by Crippen LogP contribution is -2.32. The first kappa shape index (κ1) is 14.1. The Morgan fingerprint density at radius 1 is 1.40 bits per heavy atom. The fourth-order valence-corrected chi connectivity index (χ4v) is 2.15. The van der Waals surface area contributed by atoms with E-state index in [9.17, 15) is 14.4 Å². The minimum Gasteiger partial charge on any atom is -0.496 e. The van der Waals surface area contributed by atoms with Crippen molar-refractivity contribution in [2.24, 2.45) is 0 Å². The first-order valence-electron chi connectivity index (χ1n) is 5.37. The minimum absolute atomic E-state index is 0.390. The van der Waals surface area contributed by atoms with Crippen LogP contribution in [-0.4, -0.2) is 27.7 Å². The molecule has 0 saturated heterocycles. The summed E-state index contributed by atoms with van der Waals surface area (Å²) in [5, 5.41) is 8.90. The predicted molar refractivity (Wildman–Crippen MR) is 73.9 cm³/mol. The van der Waals surface area contributed by atoms with E-state index in [1.807, 2.05) is 4.98 Å². The highest BCUT2D eigenvalue weighted by Crippen LogP contribution is 2.26. The van der Waals surface area contributed by atoms with Gasteiger partial charge in [-0.3, -0.25) is 14.3 Å². The molecule has 7 nitrogen and oxygen atoms in total. The first-order valence-corrected chi connectivity index (χ1v) is 6.16. The number of aromatic carboxylic acids is 1. The number of aromatic nitrogens is 2. The second kappa shape index (κ2) is 5.33. The summed E-state index contributed by atoms with van der Waals surface area (Å²) in [6.45, 7) is 0. The van der Waals surface area contributed by atoms with E-state index in [1.54, 1.807) is 18.2 Å². The molecule has 0 atom stereocenters. The van der Waals surface area contributed by atoms with E-state index in [0.29, 0.717) is 15.9 Å². The molecule has 0 aliphatic heterocycles. The molecule has 0 amide bonds. The van der Waals surface area contributed by atoms with Crippen LogP contribution in [0.3, 0.4) is 0 Å². The fraction of sp³-hybridized carbons (Fsp3) is 0.0833. The molecule has 0 unspecified atom stereocenters. The maximum absolute atomic E-state index is 11.7. The zero-order valence-electron chi connectivity index (χ0n) is 10.2. The smallest absolute Gasteiger partial charge is 0.342 e. The number of carboxylic acid groups (broad SMARTS) is 1. The van der Waals surface area contributed by atoms with Gasteiger partial charge in [-0.2, -0.15) is 0 Å². The molecule has 1 heterocycles. The van der Waals surface area contributed by atoms with Gasteiger partial charge >= 0.3 is 11.7 Å². The second-order valence-corrected chi connectivity index (χ2v) is 4.65. The van der Waals surface area contributed by atoms with E-state index >= 15 is 0 Å². The second-order valence-electron chi connectivity index (χ2n) is 3.80. The maximum Gasteiger partial charge on any atom is 0.342 e. The largest absolute Gasteiger partial charge is 0.496 e. The van der Waals surface area contributed by atoms with Crippen LogP contribution in [0, 0.1) is 0 Å². The van der Waals surface area contributed by atoms with E-state index in [-0.39, 0.29) is 0 Å². The van der Waals surface area contributed by atoms with Crippen molar-refractivity contribution >= 4 is 21.9 Å². The van der Waals surface area contributed by atoms with E-state index in [4.69, 9.17) is 9.84 Å². The molecule has 0 aliphatic rings. The molecule has 1 aromatic heterocycles. The number of benzene rings is 1. The van der Waals surface area contributed by atoms with Gasteiger partial charge in [0.05, 0.1) is 17.3 Å². The number of methoxy groups -OCH3 is 1. The van der Waals surface area contributed by atoms with Crippen LogP contribution in [0.4, 0.5) is 0 Å². The van der Waals surface area contributed by atoms with Gasteiger partial charge in [-0.25, -0.2) is 9.59 Å². The average Bonchev–Trinajstić information content (AvgIpc) is 2.38. The van der Waals surface area contributed by atoms with Crippen molar-refractivity contribution < 1.29 is 14.6 Å². The van der Waals surface area contributed by atoms with Crippen LogP contribution >= 0.6 is 15.9 Å². The highest BCUT2D eigenvalue weighted by molar-refractivity contribution is 9.10. The van der Waals surface area contributed by atoms with E-state index in [2.05, 4.69) is 15.9 Å². The van der Waals surface area contributed by atoms with Crippen molar-refractivity contribution in [1.82, 2.24) is 9.55 Å². The molecule has 2 aromatic rings. The van der Waals surface area contributed by atoms with Crippen LogP contribution in [0.15, 0.2) is 38.5 Å². The molecule has 20 heavy (non-hydrogen) atoms. The molecule has 2 N–H and O–H groups in total. The number of carboxylic acids is 1. The zero-order valence-corrected chi connectivity index (χ0v) is 11.8. The number of nitrogens with one attached hydrogen (secondary N) is 1. The Balaban J connectivity index is 2.66. The molecule has 104 valence electrons. The van der Waals surface area contributed by atoms with Crippen molar-refractivity contribution in [3.63, 3.8) is 0 Å². The number of hydrogen-bond donors (Lipinski definition) is 2. The SMILES string of the molecule is COc1ccc(-n2cc(C(=O)O)c(=O)[nH]c2=O)cc1Br. The third-order valence-corrected chi connectivity index (χ3v) is 3.21. The lowest BCUT2D eigenvalue weighted by Gasteiger charge is -2.08. The van der Waals surface area contributed by atoms with E-state index in [1.165, 1.54) is 7.11 Å². The lowest BCUT2D eigenvalue weighted by atomic mass is 10.3. The van der Waals surface area contributed by atoms with Crippen LogP contribution in [0.5, 0.6) is 5.75 Å². The molecule has 0 aliphatic carbocycles. The first-order chi connectivity index (χ1) is 9.43. The molecule has 1 aromatic carbocycles. The summed E-state index contributed by atoms with van der Waals surface area (Å²) in [4.78, 5) is 36.0. The molecular formula is C12H9BrN2O5. The number of ether oxygens (including phenoxy) is 1. The predicted octanol–water partition coefficient (Wildman–Crippen LogP) is 0.995.